The highest BCUT2D eigenvalue weighted by Gasteiger charge is 2.82. The van der Waals surface area contributed by atoms with Crippen LogP contribution in [0.25, 0.3) is 0 Å². The van der Waals surface area contributed by atoms with Gasteiger partial charge >= 0.3 is 23.9 Å². The average molecular weight is 279 g/mol. The summed E-state index contributed by atoms with van der Waals surface area (Å²) in [6.07, 6.45) is -10.4. The zero-order valence-electron chi connectivity index (χ0n) is 7.71. The Morgan fingerprint density at radius 3 is 1.41 bits per heavy atom. The number of nitrogens with two attached hydrogens (primary N) is 1. The predicted molar refractivity (Wildman–Crippen MR) is 36.0 cm³/mol. The Bertz CT molecular complexity index is 273. The molecular weight excluding hydrogens is 273 g/mol. The molecule has 0 heterocycles. The van der Waals surface area contributed by atoms with E-state index in [0.717, 1.165) is 0 Å². The first-order valence-corrected chi connectivity index (χ1v) is 3.81. The third-order valence-corrected chi connectivity index (χ3v) is 1.81. The fraction of sp³-hybridized carbons (Fsp3) is 1.00. The van der Waals surface area contributed by atoms with Gasteiger partial charge in [0.25, 0.3) is 0 Å². The molecule has 0 aromatic carbocycles. The lowest BCUT2D eigenvalue weighted by molar-refractivity contribution is -0.405. The second-order valence-corrected chi connectivity index (χ2v) is 3.02. The van der Waals surface area contributed by atoms with Gasteiger partial charge in [0.15, 0.2) is 0 Å². The molecule has 11 heteroatoms. The van der Waals surface area contributed by atoms with Crippen LogP contribution in [0.15, 0.2) is 0 Å². The molecule has 104 valence electrons. The Hall–Kier alpha value is -0.710. The first-order valence-electron chi connectivity index (χ1n) is 3.81. The standard InChI is InChI=1S/C6H6F9NO/c7-3(8,2(17)1-16)4(9,10)5(11,12)6(13,14)15/h2,17H,1,16H2. The molecule has 17 heavy (non-hydrogen) atoms. The number of aliphatic hydroxyl groups is 1. The molecule has 0 amide bonds. The topological polar surface area (TPSA) is 46.2 Å². The van der Waals surface area contributed by atoms with Gasteiger partial charge in [-0.15, -0.1) is 0 Å². The Morgan fingerprint density at radius 2 is 1.18 bits per heavy atom. The highest BCUT2D eigenvalue weighted by molar-refractivity contribution is 5.03. The van der Waals surface area contributed by atoms with E-state index in [1.807, 2.05) is 0 Å². The SMILES string of the molecule is NCC(O)C(F)(F)C(F)(F)C(F)(F)C(F)(F)F. The summed E-state index contributed by atoms with van der Waals surface area (Å²) in [5.74, 6) is -19.8. The molecule has 0 aliphatic rings. The number of halogens is 9. The average Bonchev–Trinajstić information content (AvgIpc) is 2.13. The molecule has 0 rings (SSSR count). The lowest BCUT2D eigenvalue weighted by Gasteiger charge is -2.35. The third-order valence-electron chi connectivity index (χ3n) is 1.81. The maximum atomic E-state index is 12.6. The van der Waals surface area contributed by atoms with Crippen molar-refractivity contribution >= 4 is 0 Å². The molecule has 0 saturated heterocycles. The fourth-order valence-electron chi connectivity index (χ4n) is 0.745. The molecule has 0 aliphatic heterocycles. The lowest BCUT2D eigenvalue weighted by Crippen LogP contribution is -2.65. The van der Waals surface area contributed by atoms with E-state index in [-0.39, 0.29) is 0 Å². The minimum absolute atomic E-state index is 1.61. The molecule has 0 aromatic heterocycles. The van der Waals surface area contributed by atoms with Crippen LogP contribution in [0.2, 0.25) is 0 Å². The van der Waals surface area contributed by atoms with E-state index < -0.39 is 36.6 Å². The van der Waals surface area contributed by atoms with Crippen LogP contribution in [0.3, 0.4) is 0 Å². The van der Waals surface area contributed by atoms with Gasteiger partial charge in [-0.2, -0.15) is 39.5 Å². The van der Waals surface area contributed by atoms with Crippen LogP contribution in [0, 0.1) is 0 Å². The summed E-state index contributed by atoms with van der Waals surface area (Å²) in [5.41, 5.74) is 4.32. The van der Waals surface area contributed by atoms with Gasteiger partial charge in [-0.25, -0.2) is 0 Å². The van der Waals surface area contributed by atoms with E-state index >= 15 is 0 Å². The van der Waals surface area contributed by atoms with E-state index in [4.69, 9.17) is 5.11 Å². The first kappa shape index (κ1) is 16.3. The highest BCUT2D eigenvalue weighted by atomic mass is 19.4. The van der Waals surface area contributed by atoms with Crippen LogP contribution in [0.1, 0.15) is 0 Å². The summed E-state index contributed by atoms with van der Waals surface area (Å²) >= 11 is 0. The lowest BCUT2D eigenvalue weighted by atomic mass is 9.99. The predicted octanol–water partition coefficient (Wildman–Crippen LogP) is 1.77. The zero-order valence-corrected chi connectivity index (χ0v) is 7.71. The highest BCUT2D eigenvalue weighted by Crippen LogP contribution is 2.53. The van der Waals surface area contributed by atoms with Crippen molar-refractivity contribution in [2.24, 2.45) is 5.73 Å². The van der Waals surface area contributed by atoms with Crippen LogP contribution in [0.4, 0.5) is 39.5 Å². The number of hydrogen-bond acceptors (Lipinski definition) is 2. The largest absolute Gasteiger partial charge is 0.460 e. The first-order chi connectivity index (χ1) is 7.23. The molecule has 2 nitrogen and oxygen atoms in total. The molecule has 0 fully saturated rings. The molecule has 1 unspecified atom stereocenters. The smallest absolute Gasteiger partial charge is 0.385 e. The summed E-state index contributed by atoms with van der Waals surface area (Å²) in [6, 6.07) is 0. The molecule has 0 saturated carbocycles. The van der Waals surface area contributed by atoms with Gasteiger partial charge in [0.2, 0.25) is 0 Å². The number of aliphatic hydroxyl groups excluding tert-OH is 1. The number of hydrogen-bond donors (Lipinski definition) is 2. The third kappa shape index (κ3) is 2.30. The van der Waals surface area contributed by atoms with Crippen molar-refractivity contribution in [2.45, 2.75) is 30.0 Å². The summed E-state index contributed by atoms with van der Waals surface area (Å²) in [6.45, 7) is -1.61. The Kier molecular flexibility index (Phi) is 4.02. The second-order valence-electron chi connectivity index (χ2n) is 3.02. The molecule has 0 spiro atoms. The molecule has 0 radical (unpaired) electrons. The van der Waals surface area contributed by atoms with Crippen LogP contribution in [-0.2, 0) is 0 Å². The van der Waals surface area contributed by atoms with E-state index in [1.165, 1.54) is 0 Å². The fourth-order valence-corrected chi connectivity index (χ4v) is 0.745. The molecule has 0 aliphatic carbocycles. The van der Waals surface area contributed by atoms with Gasteiger partial charge in [0, 0.05) is 6.54 Å². The summed E-state index contributed by atoms with van der Waals surface area (Å²) < 4.78 is 109. The van der Waals surface area contributed by atoms with Gasteiger partial charge in [-0.05, 0) is 0 Å². The van der Waals surface area contributed by atoms with E-state index in [9.17, 15) is 39.5 Å². The molecule has 0 bridgehead atoms. The number of rotatable bonds is 4. The second kappa shape index (κ2) is 4.19. The van der Waals surface area contributed by atoms with E-state index in [0.29, 0.717) is 0 Å². The van der Waals surface area contributed by atoms with E-state index in [1.54, 1.807) is 0 Å². The minimum atomic E-state index is -7.00. The van der Waals surface area contributed by atoms with Gasteiger partial charge in [-0.1, -0.05) is 0 Å². The van der Waals surface area contributed by atoms with Gasteiger partial charge < -0.3 is 10.8 Å². The zero-order chi connectivity index (χ0) is 14.3. The van der Waals surface area contributed by atoms with Crippen molar-refractivity contribution < 1.29 is 44.6 Å². The summed E-state index contributed by atoms with van der Waals surface area (Å²) in [4.78, 5) is 0. The van der Waals surface area contributed by atoms with E-state index in [2.05, 4.69) is 5.73 Å². The molecule has 3 N–H and O–H groups in total. The Morgan fingerprint density at radius 1 is 0.824 bits per heavy atom. The van der Waals surface area contributed by atoms with Crippen molar-refractivity contribution in [3.05, 3.63) is 0 Å². The Labute approximate surface area is 88.2 Å². The van der Waals surface area contributed by atoms with Crippen molar-refractivity contribution in [1.29, 1.82) is 0 Å². The maximum absolute atomic E-state index is 12.6. The summed E-state index contributed by atoms with van der Waals surface area (Å²) in [5, 5.41) is 8.29. The van der Waals surface area contributed by atoms with Crippen molar-refractivity contribution in [3.8, 4) is 0 Å². The van der Waals surface area contributed by atoms with Crippen LogP contribution < -0.4 is 5.73 Å². The van der Waals surface area contributed by atoms with Crippen molar-refractivity contribution in [1.82, 2.24) is 0 Å². The Balaban J connectivity index is 5.55. The normalized spacial score (nSPS) is 17.1. The van der Waals surface area contributed by atoms with Gasteiger partial charge in [0.05, 0.1) is 0 Å². The van der Waals surface area contributed by atoms with Crippen LogP contribution >= 0.6 is 0 Å². The van der Waals surface area contributed by atoms with Crippen LogP contribution in [0.5, 0.6) is 0 Å². The minimum Gasteiger partial charge on any atom is -0.385 e. The monoisotopic (exact) mass is 279 g/mol. The quantitative estimate of drug-likeness (QED) is 0.770. The van der Waals surface area contributed by atoms with Crippen molar-refractivity contribution in [2.75, 3.05) is 6.54 Å². The summed E-state index contributed by atoms with van der Waals surface area (Å²) in [7, 11) is 0. The number of alkyl halides is 9. The molecular formula is C6H6F9NO. The van der Waals surface area contributed by atoms with Crippen LogP contribution in [-0.4, -0.2) is 41.7 Å². The van der Waals surface area contributed by atoms with Gasteiger partial charge in [0.1, 0.15) is 6.10 Å². The molecule has 1 atom stereocenters. The maximum Gasteiger partial charge on any atom is 0.460 e. The van der Waals surface area contributed by atoms with Gasteiger partial charge in [-0.3, -0.25) is 0 Å². The molecule has 0 aromatic rings. The van der Waals surface area contributed by atoms with Crippen molar-refractivity contribution in [3.63, 3.8) is 0 Å².